The van der Waals surface area contributed by atoms with Gasteiger partial charge in [-0.05, 0) is 42.5 Å². The fraction of sp³-hybridized carbons (Fsp3) is 0.222. The standard InChI is InChI=1S/C18H17N3/c19-18-17(20-15-9-1-2-10-16(15)21-18)14-8-4-7-13(11-14)12-5-3-6-12/h1-2,4,7-12H,3,5-6H2,(H2,19,21). The summed E-state index contributed by atoms with van der Waals surface area (Å²) in [7, 11) is 0. The summed E-state index contributed by atoms with van der Waals surface area (Å²) in [4.78, 5) is 9.18. The number of nitrogens with two attached hydrogens (primary N) is 1. The zero-order valence-electron chi connectivity index (χ0n) is 11.8. The van der Waals surface area contributed by atoms with E-state index in [2.05, 4.69) is 29.2 Å². The molecule has 0 spiro atoms. The molecule has 0 saturated heterocycles. The number of fused-ring (bicyclic) bond motifs is 1. The molecule has 1 aliphatic carbocycles. The first-order valence-electron chi connectivity index (χ1n) is 7.44. The summed E-state index contributed by atoms with van der Waals surface area (Å²) >= 11 is 0. The van der Waals surface area contributed by atoms with E-state index in [-0.39, 0.29) is 0 Å². The number of nitrogens with zero attached hydrogens (tertiary/aromatic N) is 2. The van der Waals surface area contributed by atoms with Crippen LogP contribution in [0.15, 0.2) is 48.5 Å². The van der Waals surface area contributed by atoms with E-state index >= 15 is 0 Å². The third-order valence-corrected chi connectivity index (χ3v) is 4.33. The van der Waals surface area contributed by atoms with Gasteiger partial charge in [0, 0.05) is 5.56 Å². The Morgan fingerprint density at radius 3 is 2.38 bits per heavy atom. The molecule has 3 heteroatoms. The van der Waals surface area contributed by atoms with E-state index in [1.165, 1.54) is 24.8 Å². The Morgan fingerprint density at radius 1 is 0.905 bits per heavy atom. The molecule has 0 radical (unpaired) electrons. The molecule has 0 aliphatic heterocycles. The number of aromatic nitrogens is 2. The Morgan fingerprint density at radius 2 is 1.67 bits per heavy atom. The molecule has 1 heterocycles. The van der Waals surface area contributed by atoms with Crippen molar-refractivity contribution in [3.05, 3.63) is 54.1 Å². The van der Waals surface area contributed by atoms with Crippen LogP contribution in [0.1, 0.15) is 30.7 Å². The first-order valence-corrected chi connectivity index (χ1v) is 7.44. The van der Waals surface area contributed by atoms with Gasteiger partial charge in [-0.3, -0.25) is 0 Å². The molecule has 0 amide bonds. The average molecular weight is 275 g/mol. The van der Waals surface area contributed by atoms with Gasteiger partial charge in [0.05, 0.1) is 11.0 Å². The second-order valence-electron chi connectivity index (χ2n) is 5.70. The number of para-hydroxylation sites is 2. The highest BCUT2D eigenvalue weighted by Gasteiger charge is 2.20. The van der Waals surface area contributed by atoms with Gasteiger partial charge in [-0.15, -0.1) is 0 Å². The van der Waals surface area contributed by atoms with Gasteiger partial charge in [-0.1, -0.05) is 36.8 Å². The first kappa shape index (κ1) is 12.3. The number of nitrogen functional groups attached to an aromatic ring is 1. The Labute approximate surface area is 123 Å². The lowest BCUT2D eigenvalue weighted by atomic mass is 9.79. The smallest absolute Gasteiger partial charge is 0.150 e. The van der Waals surface area contributed by atoms with E-state index in [1.807, 2.05) is 24.3 Å². The van der Waals surface area contributed by atoms with E-state index in [0.717, 1.165) is 22.3 Å². The molecule has 1 aromatic heterocycles. The van der Waals surface area contributed by atoms with Crippen molar-refractivity contribution in [2.45, 2.75) is 25.2 Å². The summed E-state index contributed by atoms with van der Waals surface area (Å²) in [6.45, 7) is 0. The van der Waals surface area contributed by atoms with Crippen molar-refractivity contribution in [1.29, 1.82) is 0 Å². The lowest BCUT2D eigenvalue weighted by Crippen LogP contribution is -2.08. The maximum absolute atomic E-state index is 6.12. The monoisotopic (exact) mass is 275 g/mol. The molecule has 0 bridgehead atoms. The van der Waals surface area contributed by atoms with Crippen molar-refractivity contribution in [3.8, 4) is 11.3 Å². The summed E-state index contributed by atoms with van der Waals surface area (Å²) < 4.78 is 0. The number of rotatable bonds is 2. The van der Waals surface area contributed by atoms with Crippen molar-refractivity contribution < 1.29 is 0 Å². The summed E-state index contributed by atoms with van der Waals surface area (Å²) in [6.07, 6.45) is 3.93. The van der Waals surface area contributed by atoms with E-state index in [9.17, 15) is 0 Å². The van der Waals surface area contributed by atoms with Crippen molar-refractivity contribution in [2.24, 2.45) is 0 Å². The molecule has 2 aromatic carbocycles. The van der Waals surface area contributed by atoms with Crippen LogP contribution in [0, 0.1) is 0 Å². The Kier molecular flexibility index (Phi) is 2.85. The predicted molar refractivity (Wildman–Crippen MR) is 86.0 cm³/mol. The predicted octanol–water partition coefficient (Wildman–Crippen LogP) is 4.15. The van der Waals surface area contributed by atoms with Crippen LogP contribution in [0.5, 0.6) is 0 Å². The molecule has 2 N–H and O–H groups in total. The van der Waals surface area contributed by atoms with Crippen molar-refractivity contribution in [1.82, 2.24) is 9.97 Å². The largest absolute Gasteiger partial charge is 0.382 e. The SMILES string of the molecule is Nc1nc2ccccc2nc1-c1cccc(C2CCC2)c1. The van der Waals surface area contributed by atoms with E-state index < -0.39 is 0 Å². The van der Waals surface area contributed by atoms with Crippen LogP contribution in [0.4, 0.5) is 5.82 Å². The van der Waals surface area contributed by atoms with Crippen LogP contribution in [-0.4, -0.2) is 9.97 Å². The average Bonchev–Trinajstić information content (AvgIpc) is 2.45. The third-order valence-electron chi connectivity index (χ3n) is 4.33. The van der Waals surface area contributed by atoms with Crippen LogP contribution >= 0.6 is 0 Å². The van der Waals surface area contributed by atoms with Gasteiger partial charge in [0.2, 0.25) is 0 Å². The van der Waals surface area contributed by atoms with Crippen LogP contribution in [0.2, 0.25) is 0 Å². The topological polar surface area (TPSA) is 51.8 Å². The third kappa shape index (κ3) is 2.15. The van der Waals surface area contributed by atoms with Crippen LogP contribution in [0.3, 0.4) is 0 Å². The second-order valence-corrected chi connectivity index (χ2v) is 5.70. The number of hydrogen-bond donors (Lipinski definition) is 1. The van der Waals surface area contributed by atoms with Crippen LogP contribution in [-0.2, 0) is 0 Å². The first-order chi connectivity index (χ1) is 10.3. The van der Waals surface area contributed by atoms with Crippen LogP contribution in [0.25, 0.3) is 22.3 Å². The Hall–Kier alpha value is -2.42. The van der Waals surface area contributed by atoms with E-state index in [1.54, 1.807) is 0 Å². The highest BCUT2D eigenvalue weighted by Crippen LogP contribution is 2.38. The number of anilines is 1. The normalized spacial score (nSPS) is 15.0. The molecule has 4 rings (SSSR count). The summed E-state index contributed by atoms with van der Waals surface area (Å²) in [5, 5.41) is 0. The minimum atomic E-state index is 0.499. The van der Waals surface area contributed by atoms with Gasteiger partial charge in [0.25, 0.3) is 0 Å². The van der Waals surface area contributed by atoms with Gasteiger partial charge in [-0.2, -0.15) is 0 Å². The van der Waals surface area contributed by atoms with Gasteiger partial charge in [0.15, 0.2) is 5.82 Å². The number of hydrogen-bond acceptors (Lipinski definition) is 3. The lowest BCUT2D eigenvalue weighted by Gasteiger charge is -2.26. The van der Waals surface area contributed by atoms with Crippen LogP contribution < -0.4 is 5.73 Å². The maximum atomic E-state index is 6.12. The Balaban J connectivity index is 1.83. The molecular weight excluding hydrogens is 258 g/mol. The minimum Gasteiger partial charge on any atom is -0.382 e. The fourth-order valence-electron chi connectivity index (χ4n) is 2.91. The van der Waals surface area contributed by atoms with Crippen molar-refractivity contribution >= 4 is 16.9 Å². The molecule has 21 heavy (non-hydrogen) atoms. The quantitative estimate of drug-likeness (QED) is 0.764. The maximum Gasteiger partial charge on any atom is 0.150 e. The van der Waals surface area contributed by atoms with Gasteiger partial charge in [-0.25, -0.2) is 9.97 Å². The summed E-state index contributed by atoms with van der Waals surface area (Å²) in [5.74, 6) is 1.21. The minimum absolute atomic E-state index is 0.499. The molecule has 1 fully saturated rings. The van der Waals surface area contributed by atoms with Gasteiger partial charge in [0.1, 0.15) is 5.69 Å². The van der Waals surface area contributed by atoms with E-state index in [0.29, 0.717) is 11.7 Å². The molecule has 1 aliphatic rings. The zero-order chi connectivity index (χ0) is 14.2. The van der Waals surface area contributed by atoms with Gasteiger partial charge < -0.3 is 5.73 Å². The van der Waals surface area contributed by atoms with Crippen molar-refractivity contribution in [3.63, 3.8) is 0 Å². The Bertz CT molecular complexity index is 806. The highest BCUT2D eigenvalue weighted by atomic mass is 14.9. The molecule has 0 atom stereocenters. The highest BCUT2D eigenvalue weighted by molar-refractivity contribution is 5.82. The second kappa shape index (κ2) is 4.85. The fourth-order valence-corrected chi connectivity index (χ4v) is 2.91. The molecule has 1 saturated carbocycles. The van der Waals surface area contributed by atoms with E-state index in [4.69, 9.17) is 10.7 Å². The summed E-state index contributed by atoms with van der Waals surface area (Å²) in [5.41, 5.74) is 11.1. The molecular formula is C18H17N3. The summed E-state index contributed by atoms with van der Waals surface area (Å²) in [6, 6.07) is 16.4. The van der Waals surface area contributed by atoms with Gasteiger partial charge >= 0.3 is 0 Å². The lowest BCUT2D eigenvalue weighted by molar-refractivity contribution is 0.420. The molecule has 0 unspecified atom stereocenters. The van der Waals surface area contributed by atoms with Crippen molar-refractivity contribution in [2.75, 3.05) is 5.73 Å². The number of benzene rings is 2. The zero-order valence-corrected chi connectivity index (χ0v) is 11.8. The molecule has 3 nitrogen and oxygen atoms in total. The molecule has 3 aromatic rings. The molecule has 104 valence electrons.